The third kappa shape index (κ3) is 3.89. The molecule has 4 rings (SSSR count). The fourth-order valence-corrected chi connectivity index (χ4v) is 3.93. The van der Waals surface area contributed by atoms with Gasteiger partial charge >= 0.3 is 0 Å². The van der Waals surface area contributed by atoms with Crippen LogP contribution in [0.3, 0.4) is 0 Å². The lowest BCUT2D eigenvalue weighted by Crippen LogP contribution is -2.40. The fourth-order valence-electron chi connectivity index (χ4n) is 3.93. The molecule has 0 N–H and O–H groups in total. The molecule has 0 radical (unpaired) electrons. The van der Waals surface area contributed by atoms with E-state index in [4.69, 9.17) is 18.9 Å². The number of hydrogen-bond acceptors (Lipinski definition) is 7. The number of carbonyl (C=O) groups is 2. The summed E-state index contributed by atoms with van der Waals surface area (Å²) in [6.07, 6.45) is 0. The van der Waals surface area contributed by atoms with Gasteiger partial charge in [-0.3, -0.25) is 9.59 Å². The maximum atomic E-state index is 13.7. The second-order valence-corrected chi connectivity index (χ2v) is 7.26. The van der Waals surface area contributed by atoms with Gasteiger partial charge < -0.3 is 23.8 Å². The summed E-state index contributed by atoms with van der Waals surface area (Å²) in [5.74, 6) is 0.863. The van der Waals surface area contributed by atoms with Gasteiger partial charge in [0.15, 0.2) is 0 Å². The Bertz CT molecular complexity index is 1040. The van der Waals surface area contributed by atoms with Gasteiger partial charge in [-0.1, -0.05) is 12.1 Å². The lowest BCUT2D eigenvalue weighted by Gasteiger charge is -2.29. The van der Waals surface area contributed by atoms with Gasteiger partial charge in [-0.25, -0.2) is 4.90 Å². The van der Waals surface area contributed by atoms with Crippen molar-refractivity contribution in [2.24, 2.45) is 0 Å². The number of hydrogen-bond donors (Lipinski definition) is 0. The van der Waals surface area contributed by atoms with E-state index in [1.807, 2.05) is 11.8 Å². The first-order valence-electron chi connectivity index (χ1n) is 10.5. The Hall–Kier alpha value is -3.52. The monoisotopic (exact) mass is 438 g/mol. The Labute approximate surface area is 186 Å². The quantitative estimate of drug-likeness (QED) is 0.615. The van der Waals surface area contributed by atoms with E-state index < -0.39 is 5.91 Å². The first kappa shape index (κ1) is 21.7. The molecule has 0 atom stereocenters. The van der Waals surface area contributed by atoms with E-state index in [0.717, 1.165) is 0 Å². The van der Waals surface area contributed by atoms with Gasteiger partial charge in [-0.2, -0.15) is 0 Å². The number of imide groups is 1. The van der Waals surface area contributed by atoms with Gasteiger partial charge in [0, 0.05) is 19.2 Å². The highest BCUT2D eigenvalue weighted by molar-refractivity contribution is 6.45. The maximum Gasteiger partial charge on any atom is 0.282 e. The number of amides is 2. The first-order chi connectivity index (χ1) is 15.6. The lowest BCUT2D eigenvalue weighted by atomic mass is 10.0. The standard InChI is InChI=1S/C24H26N2O6/c1-4-32-17-7-5-16(6-8-17)21-22(25-11-13-31-14-12-25)24(28)26(23(21)27)19-10-9-18(29-2)15-20(19)30-3/h5-10,15H,4,11-14H2,1-3H3. The lowest BCUT2D eigenvalue weighted by molar-refractivity contribution is -0.121. The molecule has 0 aromatic heterocycles. The van der Waals surface area contributed by atoms with Crippen LogP contribution in [0.2, 0.25) is 0 Å². The van der Waals surface area contributed by atoms with Gasteiger partial charge in [0.25, 0.3) is 11.8 Å². The second kappa shape index (κ2) is 9.32. The Morgan fingerprint density at radius 2 is 1.59 bits per heavy atom. The summed E-state index contributed by atoms with van der Waals surface area (Å²) >= 11 is 0. The van der Waals surface area contributed by atoms with Crippen molar-refractivity contribution >= 4 is 23.1 Å². The zero-order chi connectivity index (χ0) is 22.7. The molecular weight excluding hydrogens is 412 g/mol. The van der Waals surface area contributed by atoms with Crippen LogP contribution >= 0.6 is 0 Å². The molecule has 0 saturated carbocycles. The Kier molecular flexibility index (Phi) is 6.32. The number of morpholine rings is 1. The molecule has 1 saturated heterocycles. The van der Waals surface area contributed by atoms with Crippen molar-refractivity contribution in [3.8, 4) is 17.2 Å². The van der Waals surface area contributed by atoms with Crippen molar-refractivity contribution in [2.45, 2.75) is 6.92 Å². The SMILES string of the molecule is CCOc1ccc(C2=C(N3CCOCC3)C(=O)N(c3ccc(OC)cc3OC)C2=O)cc1. The molecule has 8 heteroatoms. The van der Waals surface area contributed by atoms with Crippen molar-refractivity contribution in [3.63, 3.8) is 0 Å². The molecule has 2 aliphatic heterocycles. The molecule has 168 valence electrons. The number of anilines is 1. The van der Waals surface area contributed by atoms with Crippen LogP contribution in [0, 0.1) is 0 Å². The van der Waals surface area contributed by atoms with Crippen LogP contribution in [0.5, 0.6) is 17.2 Å². The molecule has 1 fully saturated rings. The number of carbonyl (C=O) groups excluding carboxylic acids is 2. The summed E-state index contributed by atoms with van der Waals surface area (Å²) in [6, 6.07) is 12.2. The molecule has 32 heavy (non-hydrogen) atoms. The zero-order valence-corrected chi connectivity index (χ0v) is 18.4. The third-order valence-corrected chi connectivity index (χ3v) is 5.47. The Morgan fingerprint density at radius 3 is 2.22 bits per heavy atom. The number of rotatable bonds is 7. The van der Waals surface area contributed by atoms with Crippen molar-refractivity contribution < 1.29 is 28.5 Å². The molecule has 2 amide bonds. The van der Waals surface area contributed by atoms with Crippen LogP contribution in [-0.2, 0) is 14.3 Å². The van der Waals surface area contributed by atoms with E-state index in [1.165, 1.54) is 12.0 Å². The van der Waals surface area contributed by atoms with Crippen LogP contribution in [0.4, 0.5) is 5.69 Å². The number of methoxy groups -OCH3 is 2. The summed E-state index contributed by atoms with van der Waals surface area (Å²) in [5.41, 5.74) is 1.76. The largest absolute Gasteiger partial charge is 0.497 e. The molecular formula is C24H26N2O6. The van der Waals surface area contributed by atoms with Gasteiger partial charge in [0.2, 0.25) is 0 Å². The van der Waals surface area contributed by atoms with Crippen molar-refractivity contribution in [3.05, 3.63) is 53.7 Å². The first-order valence-corrected chi connectivity index (χ1v) is 10.5. The summed E-state index contributed by atoms with van der Waals surface area (Å²) in [4.78, 5) is 30.4. The maximum absolute atomic E-state index is 13.7. The van der Waals surface area contributed by atoms with Gasteiger partial charge in [0.1, 0.15) is 22.9 Å². The zero-order valence-electron chi connectivity index (χ0n) is 18.4. The van der Waals surface area contributed by atoms with Gasteiger partial charge in [-0.15, -0.1) is 0 Å². The van der Waals surface area contributed by atoms with Crippen LogP contribution in [0.15, 0.2) is 48.2 Å². The van der Waals surface area contributed by atoms with E-state index >= 15 is 0 Å². The van der Waals surface area contributed by atoms with Crippen LogP contribution < -0.4 is 19.1 Å². The molecule has 2 aliphatic rings. The van der Waals surface area contributed by atoms with E-state index in [2.05, 4.69) is 0 Å². The molecule has 0 aliphatic carbocycles. The average Bonchev–Trinajstić information content (AvgIpc) is 3.09. The predicted molar refractivity (Wildman–Crippen MR) is 119 cm³/mol. The second-order valence-electron chi connectivity index (χ2n) is 7.26. The Balaban J connectivity index is 1.80. The predicted octanol–water partition coefficient (Wildman–Crippen LogP) is 2.72. The van der Waals surface area contributed by atoms with E-state index in [-0.39, 0.29) is 5.91 Å². The molecule has 0 spiro atoms. The van der Waals surface area contributed by atoms with Crippen molar-refractivity contribution in [1.82, 2.24) is 4.90 Å². The van der Waals surface area contributed by atoms with E-state index in [9.17, 15) is 9.59 Å². The van der Waals surface area contributed by atoms with E-state index in [0.29, 0.717) is 72.7 Å². The topological polar surface area (TPSA) is 77.5 Å². The van der Waals surface area contributed by atoms with Crippen LogP contribution in [-0.4, -0.2) is 63.8 Å². The smallest absolute Gasteiger partial charge is 0.282 e. The minimum absolute atomic E-state index is 0.359. The third-order valence-electron chi connectivity index (χ3n) is 5.47. The summed E-state index contributed by atoms with van der Waals surface area (Å²) in [7, 11) is 3.04. The summed E-state index contributed by atoms with van der Waals surface area (Å²) in [6.45, 7) is 4.50. The minimum atomic E-state index is -0.399. The highest BCUT2D eigenvalue weighted by atomic mass is 16.5. The summed E-state index contributed by atoms with van der Waals surface area (Å²) < 4.78 is 21.7. The highest BCUT2D eigenvalue weighted by Gasteiger charge is 2.43. The van der Waals surface area contributed by atoms with Crippen molar-refractivity contribution in [1.29, 1.82) is 0 Å². The van der Waals surface area contributed by atoms with Crippen molar-refractivity contribution in [2.75, 3.05) is 52.0 Å². The highest BCUT2D eigenvalue weighted by Crippen LogP contribution is 2.40. The van der Waals surface area contributed by atoms with E-state index in [1.54, 1.807) is 49.6 Å². The summed E-state index contributed by atoms with van der Waals surface area (Å²) in [5, 5.41) is 0. The molecule has 2 aromatic rings. The van der Waals surface area contributed by atoms with Crippen LogP contribution in [0.25, 0.3) is 5.57 Å². The number of ether oxygens (including phenoxy) is 4. The van der Waals surface area contributed by atoms with Crippen LogP contribution in [0.1, 0.15) is 12.5 Å². The Morgan fingerprint density at radius 1 is 0.906 bits per heavy atom. The molecule has 0 bridgehead atoms. The molecule has 8 nitrogen and oxygen atoms in total. The minimum Gasteiger partial charge on any atom is -0.497 e. The number of nitrogens with zero attached hydrogens (tertiary/aromatic N) is 2. The number of benzene rings is 2. The molecule has 2 aromatic carbocycles. The molecule has 2 heterocycles. The fraction of sp³-hybridized carbons (Fsp3) is 0.333. The van der Waals surface area contributed by atoms with Gasteiger partial charge in [-0.05, 0) is 36.8 Å². The van der Waals surface area contributed by atoms with Gasteiger partial charge in [0.05, 0.1) is 45.3 Å². The average molecular weight is 438 g/mol. The molecule has 0 unspecified atom stereocenters. The normalized spacial score (nSPS) is 16.6.